The number of methoxy groups -OCH3 is 1. The SMILES string of the molecule is CO[C@H]1O[C@H](CO[C@H]2O[C@H](CO[C@@H]3O[C@H](COC(C)=O)[C@@H](OC(C)=O)[C@H](OC(C)=O)[C@H]3N3C(=O)c4ccccc4C3=O)[C@@H](O)[C@H](OC(=O)c3ccccc3)[C@@H]2OC(=O)c2ccccc2)[C@@H](OC(=O)c2ccccc2)[C@H](OC(=O)c2ccccc2)[C@@H]1OC(=O)c1ccccc1. The first-order valence-corrected chi connectivity index (χ1v) is 29.5. The molecule has 0 aliphatic carbocycles. The normalized spacial score (nSPS) is 26.3. The third-order valence-corrected chi connectivity index (χ3v) is 15.3. The van der Waals surface area contributed by atoms with Gasteiger partial charge in [-0.15, -0.1) is 0 Å². The van der Waals surface area contributed by atoms with E-state index in [4.69, 9.17) is 66.3 Å². The van der Waals surface area contributed by atoms with Crippen LogP contribution in [-0.2, 0) is 80.7 Å². The van der Waals surface area contributed by atoms with Gasteiger partial charge >= 0.3 is 47.8 Å². The minimum Gasteiger partial charge on any atom is -0.463 e. The van der Waals surface area contributed by atoms with Crippen LogP contribution in [0, 0.1) is 0 Å². The fourth-order valence-electron chi connectivity index (χ4n) is 11.0. The summed E-state index contributed by atoms with van der Waals surface area (Å²) in [5.41, 5.74) is -0.136. The van der Waals surface area contributed by atoms with E-state index in [1.165, 1.54) is 116 Å². The molecule has 3 saturated heterocycles. The van der Waals surface area contributed by atoms with Crippen molar-refractivity contribution in [2.24, 2.45) is 0 Å². The van der Waals surface area contributed by atoms with Crippen molar-refractivity contribution in [2.75, 3.05) is 26.9 Å². The number of imide groups is 1. The molecule has 2 amide bonds. The third-order valence-electron chi connectivity index (χ3n) is 15.3. The van der Waals surface area contributed by atoms with E-state index in [0.717, 1.165) is 20.8 Å². The Balaban J connectivity index is 1.05. The molecule has 0 unspecified atom stereocenters. The monoisotopic (exact) mass is 1290 g/mol. The second kappa shape index (κ2) is 30.6. The summed E-state index contributed by atoms with van der Waals surface area (Å²) in [6, 6.07) is 41.9. The first-order chi connectivity index (χ1) is 45.4. The number of rotatable bonds is 22. The minimum atomic E-state index is -2.11. The van der Waals surface area contributed by atoms with E-state index in [-0.39, 0.29) is 38.9 Å². The zero-order valence-electron chi connectivity index (χ0n) is 50.7. The molecule has 1 N–H and O–H groups in total. The Kier molecular flexibility index (Phi) is 21.7. The van der Waals surface area contributed by atoms with E-state index in [0.29, 0.717) is 4.90 Å². The van der Waals surface area contributed by atoms with Crippen molar-refractivity contribution < 1.29 is 119 Å². The van der Waals surface area contributed by atoms with Crippen LogP contribution in [0.1, 0.15) is 93.3 Å². The molecule has 4 heterocycles. The van der Waals surface area contributed by atoms with E-state index in [2.05, 4.69) is 0 Å². The molecule has 0 spiro atoms. The van der Waals surface area contributed by atoms with Crippen molar-refractivity contribution in [1.82, 2.24) is 4.90 Å². The number of hydrogen-bond donors (Lipinski definition) is 1. The highest BCUT2D eigenvalue weighted by molar-refractivity contribution is 6.21. The van der Waals surface area contributed by atoms with E-state index in [1.807, 2.05) is 0 Å². The lowest BCUT2D eigenvalue weighted by atomic mass is 9.94. The number of aliphatic hydroxyl groups excluding tert-OH is 1. The summed E-state index contributed by atoms with van der Waals surface area (Å²) < 4.78 is 85.7. The molecule has 94 heavy (non-hydrogen) atoms. The van der Waals surface area contributed by atoms with Gasteiger partial charge in [0.05, 0.1) is 52.2 Å². The summed E-state index contributed by atoms with van der Waals surface area (Å²) in [6.45, 7) is 0.631. The second-order valence-corrected chi connectivity index (χ2v) is 21.7. The molecule has 15 atom stereocenters. The predicted molar refractivity (Wildman–Crippen MR) is 318 cm³/mol. The number of ether oxygens (including phenoxy) is 14. The highest BCUT2D eigenvalue weighted by Crippen LogP contribution is 2.38. The number of carbonyl (C=O) groups excluding carboxylic acids is 10. The van der Waals surface area contributed by atoms with Crippen LogP contribution < -0.4 is 0 Å². The summed E-state index contributed by atoms with van der Waals surface area (Å²) >= 11 is 0. The Hall–Kier alpha value is -10.1. The van der Waals surface area contributed by atoms with E-state index in [1.54, 1.807) is 66.7 Å². The topological polar surface area (TPSA) is 323 Å². The van der Waals surface area contributed by atoms with Gasteiger partial charge in [-0.05, 0) is 72.8 Å². The van der Waals surface area contributed by atoms with Gasteiger partial charge in [0.1, 0.15) is 37.1 Å². The average molecular weight is 1290 g/mol. The molecule has 0 radical (unpaired) electrons. The summed E-state index contributed by atoms with van der Waals surface area (Å²) in [4.78, 5) is 139. The van der Waals surface area contributed by atoms with Gasteiger partial charge in [0.15, 0.2) is 61.6 Å². The molecule has 4 aliphatic rings. The number of carbonyl (C=O) groups is 10. The fourth-order valence-corrected chi connectivity index (χ4v) is 11.0. The van der Waals surface area contributed by atoms with Gasteiger partial charge in [-0.25, -0.2) is 24.0 Å². The highest BCUT2D eigenvalue weighted by Gasteiger charge is 2.59. The summed E-state index contributed by atoms with van der Waals surface area (Å²) in [5, 5.41) is 12.7. The molecule has 10 rings (SSSR count). The van der Waals surface area contributed by atoms with Crippen molar-refractivity contribution in [1.29, 1.82) is 0 Å². The van der Waals surface area contributed by atoms with Crippen LogP contribution >= 0.6 is 0 Å². The summed E-state index contributed by atoms with van der Waals surface area (Å²) in [7, 11) is 1.19. The lowest BCUT2D eigenvalue weighted by Gasteiger charge is -2.48. The molecule has 0 saturated carbocycles. The van der Waals surface area contributed by atoms with Gasteiger partial charge in [-0.1, -0.05) is 103 Å². The zero-order valence-corrected chi connectivity index (χ0v) is 50.7. The number of amides is 2. The summed E-state index contributed by atoms with van der Waals surface area (Å²) in [5.74, 6) is -9.64. The van der Waals surface area contributed by atoms with Crippen LogP contribution in [0.4, 0.5) is 0 Å². The number of esters is 8. The Morgan fingerprint density at radius 1 is 0.372 bits per heavy atom. The predicted octanol–water partition coefficient (Wildman–Crippen LogP) is 5.42. The van der Waals surface area contributed by atoms with Crippen molar-refractivity contribution in [2.45, 2.75) is 113 Å². The van der Waals surface area contributed by atoms with Crippen LogP contribution in [0.3, 0.4) is 0 Å². The maximum absolute atomic E-state index is 14.5. The van der Waals surface area contributed by atoms with Crippen LogP contribution in [-0.4, -0.2) is 189 Å². The largest absolute Gasteiger partial charge is 0.463 e. The Morgan fingerprint density at radius 3 is 1.13 bits per heavy atom. The first kappa shape index (κ1) is 66.8. The maximum Gasteiger partial charge on any atom is 0.338 e. The van der Waals surface area contributed by atoms with Gasteiger partial charge in [-0.3, -0.25) is 28.9 Å². The third kappa shape index (κ3) is 15.5. The van der Waals surface area contributed by atoms with Crippen LogP contribution in [0.5, 0.6) is 0 Å². The number of nitrogens with zero attached hydrogens (tertiary/aromatic N) is 1. The molecule has 3 fully saturated rings. The lowest BCUT2D eigenvalue weighted by Crippen LogP contribution is -2.68. The Morgan fingerprint density at radius 2 is 0.702 bits per heavy atom. The smallest absolute Gasteiger partial charge is 0.338 e. The van der Waals surface area contributed by atoms with Gasteiger partial charge in [0, 0.05) is 27.9 Å². The number of hydrogen-bond acceptors (Lipinski definition) is 25. The van der Waals surface area contributed by atoms with Crippen LogP contribution in [0.25, 0.3) is 0 Å². The second-order valence-electron chi connectivity index (χ2n) is 21.7. The lowest BCUT2D eigenvalue weighted by molar-refractivity contribution is -0.335. The fraction of sp³-hybridized carbons (Fsp3) is 0.324. The molecule has 490 valence electrons. The van der Waals surface area contributed by atoms with Gasteiger partial charge < -0.3 is 71.4 Å². The number of benzene rings is 6. The minimum absolute atomic E-state index is 0.0105. The van der Waals surface area contributed by atoms with E-state index < -0.39 is 171 Å². The molecule has 6 aromatic rings. The van der Waals surface area contributed by atoms with Crippen molar-refractivity contribution in [3.63, 3.8) is 0 Å². The summed E-state index contributed by atoms with van der Waals surface area (Å²) in [6.07, 6.45) is -25.7. The van der Waals surface area contributed by atoms with E-state index >= 15 is 0 Å². The molecular weight excluding hydrogens is 1230 g/mol. The van der Waals surface area contributed by atoms with E-state index in [9.17, 15) is 53.1 Å². The van der Waals surface area contributed by atoms with Crippen molar-refractivity contribution in [3.05, 3.63) is 215 Å². The van der Waals surface area contributed by atoms with Crippen molar-refractivity contribution in [3.8, 4) is 0 Å². The molecular formula is C68H63NO25. The molecule has 0 bridgehead atoms. The molecule has 6 aromatic carbocycles. The zero-order chi connectivity index (χ0) is 66.6. The standard InChI is InChI=1S/C68H63NO25/c1-37(70)82-35-48-52(85-38(2)71)54(86-39(3)72)50(69-59(74)45-32-20-21-33-46(45)60(69)75)66(88-48)83-34-47-51(73)55(91-62(77)41-24-12-6-13-25-41)57(93-64(79)43-28-16-8-17-29-43)68(87-47)84-36-49-53(90-61(76)40-22-10-5-11-23-40)56(92-63(78)42-26-14-7-15-27-42)58(67(81-4)89-49)94-65(80)44-30-18-9-19-31-44/h5-33,47-58,66-68,73H,34-36H2,1-4H3/t47-,48-,49-,50-,51-,52-,53-,54-,55+,56+,57+,58+,66-,67+,68+/m1/s1. The Bertz CT molecular complexity index is 3660. The highest BCUT2D eigenvalue weighted by atomic mass is 16.8. The quantitative estimate of drug-likeness (QED) is 0.0503. The van der Waals surface area contributed by atoms with Crippen LogP contribution in [0.15, 0.2) is 176 Å². The van der Waals surface area contributed by atoms with Crippen molar-refractivity contribution >= 4 is 59.6 Å². The number of aliphatic hydroxyl groups is 1. The van der Waals surface area contributed by atoms with Gasteiger partial charge in [0.2, 0.25) is 0 Å². The molecule has 26 heteroatoms. The molecule has 4 aliphatic heterocycles. The van der Waals surface area contributed by atoms with Gasteiger partial charge in [0.25, 0.3) is 11.8 Å². The molecule has 26 nitrogen and oxygen atoms in total. The first-order valence-electron chi connectivity index (χ1n) is 29.5. The average Bonchev–Trinajstić information content (AvgIpc) is 1.50. The number of fused-ring (bicyclic) bond motifs is 1. The maximum atomic E-state index is 14.5. The Labute approximate surface area is 536 Å². The molecule has 0 aromatic heterocycles. The van der Waals surface area contributed by atoms with Crippen LogP contribution in [0.2, 0.25) is 0 Å². The van der Waals surface area contributed by atoms with Gasteiger partial charge in [-0.2, -0.15) is 0 Å².